The van der Waals surface area contributed by atoms with E-state index in [0.29, 0.717) is 12.8 Å². The van der Waals surface area contributed by atoms with E-state index in [-0.39, 0.29) is 11.3 Å². The molecular weight excluding hydrogens is 448 g/mol. The molecule has 0 aliphatic rings. The Kier molecular flexibility index (Phi) is 4.50. The number of carbonyl (C=O) groups is 1. The van der Waals surface area contributed by atoms with Crippen LogP contribution in [0, 0.1) is 7.14 Å². The SMILES string of the molecule is CC(C)(C)OC(=O)c1cc(I)c(N)c(I)c1O. The lowest BCUT2D eigenvalue weighted by molar-refractivity contribution is 0.00666. The molecular formula is C11H13I2NO3. The Bertz CT molecular complexity index is 467. The van der Waals surface area contributed by atoms with Crippen molar-refractivity contribution in [2.24, 2.45) is 0 Å². The highest BCUT2D eigenvalue weighted by Crippen LogP contribution is 2.34. The summed E-state index contributed by atoms with van der Waals surface area (Å²) in [7, 11) is 0. The van der Waals surface area contributed by atoms with Crippen molar-refractivity contribution in [3.05, 3.63) is 18.8 Å². The Hall–Kier alpha value is -0.250. The number of carbonyl (C=O) groups excluding carboxylic acids is 1. The van der Waals surface area contributed by atoms with Crippen molar-refractivity contribution < 1.29 is 14.6 Å². The van der Waals surface area contributed by atoms with Crippen LogP contribution in [0.3, 0.4) is 0 Å². The summed E-state index contributed by atoms with van der Waals surface area (Å²) in [6, 6.07) is 1.53. The molecule has 0 aliphatic heterocycles. The number of aromatic hydroxyl groups is 1. The van der Waals surface area contributed by atoms with Crippen molar-refractivity contribution in [2.45, 2.75) is 26.4 Å². The van der Waals surface area contributed by atoms with Gasteiger partial charge in [0.05, 0.1) is 9.26 Å². The monoisotopic (exact) mass is 461 g/mol. The molecule has 0 fully saturated rings. The van der Waals surface area contributed by atoms with Gasteiger partial charge in [0, 0.05) is 3.57 Å². The molecule has 0 heterocycles. The highest BCUT2D eigenvalue weighted by atomic mass is 127. The summed E-state index contributed by atoms with van der Waals surface area (Å²) in [4.78, 5) is 11.9. The largest absolute Gasteiger partial charge is 0.506 e. The first kappa shape index (κ1) is 14.8. The summed E-state index contributed by atoms with van der Waals surface area (Å²) in [5.41, 5.74) is 5.77. The first-order chi connectivity index (χ1) is 7.63. The van der Waals surface area contributed by atoms with E-state index >= 15 is 0 Å². The fourth-order valence-corrected chi connectivity index (χ4v) is 2.79. The van der Waals surface area contributed by atoms with E-state index in [1.165, 1.54) is 6.07 Å². The minimum atomic E-state index is -0.595. The predicted octanol–water partition coefficient (Wildman–Crippen LogP) is 3.14. The van der Waals surface area contributed by atoms with Gasteiger partial charge in [0.1, 0.15) is 16.9 Å². The average Bonchev–Trinajstić information content (AvgIpc) is 2.17. The summed E-state index contributed by atoms with van der Waals surface area (Å²) in [6.45, 7) is 5.32. The zero-order valence-corrected chi connectivity index (χ0v) is 14.0. The maximum absolute atomic E-state index is 11.9. The number of phenolic OH excluding ortho intramolecular Hbond substituents is 1. The van der Waals surface area contributed by atoms with Crippen LogP contribution in [-0.2, 0) is 4.74 Å². The molecule has 1 rings (SSSR count). The van der Waals surface area contributed by atoms with Crippen LogP contribution in [-0.4, -0.2) is 16.7 Å². The fourth-order valence-electron chi connectivity index (χ4n) is 1.11. The zero-order valence-electron chi connectivity index (χ0n) is 9.67. The van der Waals surface area contributed by atoms with E-state index in [0.717, 1.165) is 0 Å². The molecule has 0 aliphatic carbocycles. The number of halogens is 2. The average molecular weight is 461 g/mol. The smallest absolute Gasteiger partial charge is 0.342 e. The molecule has 0 atom stereocenters. The van der Waals surface area contributed by atoms with Gasteiger partial charge in [-0.05, 0) is 72.0 Å². The van der Waals surface area contributed by atoms with Gasteiger partial charge in [-0.2, -0.15) is 0 Å². The minimum Gasteiger partial charge on any atom is -0.506 e. The van der Waals surface area contributed by atoms with Crippen LogP contribution in [0.2, 0.25) is 0 Å². The van der Waals surface area contributed by atoms with Gasteiger partial charge in [-0.15, -0.1) is 0 Å². The molecule has 1 aromatic carbocycles. The molecule has 1 aromatic rings. The van der Waals surface area contributed by atoms with Gasteiger partial charge in [0.2, 0.25) is 0 Å². The normalized spacial score (nSPS) is 11.4. The van der Waals surface area contributed by atoms with E-state index < -0.39 is 11.6 Å². The second kappa shape index (κ2) is 5.17. The molecule has 94 valence electrons. The Balaban J connectivity index is 3.20. The third-order valence-electron chi connectivity index (χ3n) is 1.85. The fraction of sp³-hybridized carbons (Fsp3) is 0.364. The van der Waals surface area contributed by atoms with Crippen molar-refractivity contribution in [1.82, 2.24) is 0 Å². The number of phenols is 1. The first-order valence-electron chi connectivity index (χ1n) is 4.83. The van der Waals surface area contributed by atoms with Crippen molar-refractivity contribution in [3.63, 3.8) is 0 Å². The van der Waals surface area contributed by atoms with Gasteiger partial charge in [-0.25, -0.2) is 4.79 Å². The van der Waals surface area contributed by atoms with Crippen LogP contribution in [0.5, 0.6) is 5.75 Å². The number of rotatable bonds is 1. The number of hydrogen-bond donors (Lipinski definition) is 2. The molecule has 0 unspecified atom stereocenters. The topological polar surface area (TPSA) is 72.5 Å². The molecule has 3 N–H and O–H groups in total. The molecule has 0 radical (unpaired) electrons. The lowest BCUT2D eigenvalue weighted by Gasteiger charge is -2.20. The second-order valence-electron chi connectivity index (χ2n) is 4.48. The molecule has 0 saturated heterocycles. The van der Waals surface area contributed by atoms with Crippen molar-refractivity contribution in [3.8, 4) is 5.75 Å². The number of nitrogens with two attached hydrogens (primary N) is 1. The molecule has 0 bridgehead atoms. The Morgan fingerprint density at radius 1 is 1.41 bits per heavy atom. The Morgan fingerprint density at radius 2 is 1.94 bits per heavy atom. The number of nitrogen functional groups attached to an aromatic ring is 1. The molecule has 0 aromatic heterocycles. The molecule has 17 heavy (non-hydrogen) atoms. The Labute approximate surface area is 127 Å². The van der Waals surface area contributed by atoms with Crippen LogP contribution >= 0.6 is 45.2 Å². The summed E-state index contributed by atoms with van der Waals surface area (Å²) in [5.74, 6) is -0.677. The van der Waals surface area contributed by atoms with Crippen LogP contribution in [0.4, 0.5) is 5.69 Å². The number of esters is 1. The highest BCUT2D eigenvalue weighted by Gasteiger charge is 2.23. The van der Waals surface area contributed by atoms with Gasteiger partial charge in [0.15, 0.2) is 0 Å². The van der Waals surface area contributed by atoms with Gasteiger partial charge in [-0.1, -0.05) is 0 Å². The van der Waals surface area contributed by atoms with Gasteiger partial charge in [0.25, 0.3) is 0 Å². The summed E-state index contributed by atoms with van der Waals surface area (Å²) in [6.07, 6.45) is 0. The van der Waals surface area contributed by atoms with E-state index in [1.54, 1.807) is 20.8 Å². The lowest BCUT2D eigenvalue weighted by Crippen LogP contribution is -2.24. The molecule has 0 amide bonds. The first-order valence-corrected chi connectivity index (χ1v) is 6.99. The highest BCUT2D eigenvalue weighted by molar-refractivity contribution is 14.1. The zero-order chi connectivity index (χ0) is 13.4. The lowest BCUT2D eigenvalue weighted by atomic mass is 10.1. The van der Waals surface area contributed by atoms with Crippen molar-refractivity contribution >= 4 is 56.8 Å². The third kappa shape index (κ3) is 3.60. The van der Waals surface area contributed by atoms with Crippen molar-refractivity contribution in [1.29, 1.82) is 0 Å². The van der Waals surface area contributed by atoms with Crippen LogP contribution in [0.25, 0.3) is 0 Å². The van der Waals surface area contributed by atoms with Crippen LogP contribution < -0.4 is 5.73 Å². The summed E-state index contributed by atoms with van der Waals surface area (Å²) in [5, 5.41) is 9.88. The standard InChI is InChI=1S/C11H13I2NO3/c1-11(2,3)17-10(16)5-4-6(12)8(14)7(13)9(5)15/h4,15H,14H2,1-3H3. The number of benzene rings is 1. The minimum absolute atomic E-state index is 0.127. The number of hydrogen-bond acceptors (Lipinski definition) is 4. The third-order valence-corrected chi connectivity index (χ3v) is 3.83. The second-order valence-corrected chi connectivity index (χ2v) is 6.73. The van der Waals surface area contributed by atoms with Crippen molar-refractivity contribution in [2.75, 3.05) is 5.73 Å². The molecule has 6 heteroatoms. The van der Waals surface area contributed by atoms with E-state index in [1.807, 2.05) is 45.2 Å². The quantitative estimate of drug-likeness (QED) is 0.383. The van der Waals surface area contributed by atoms with E-state index in [2.05, 4.69) is 0 Å². The molecule has 0 spiro atoms. The Morgan fingerprint density at radius 3 is 2.41 bits per heavy atom. The summed E-state index contributed by atoms with van der Waals surface area (Å²) < 4.78 is 6.39. The predicted molar refractivity (Wildman–Crippen MR) is 83.1 cm³/mol. The van der Waals surface area contributed by atoms with Crippen LogP contribution in [0.1, 0.15) is 31.1 Å². The van der Waals surface area contributed by atoms with E-state index in [4.69, 9.17) is 10.5 Å². The maximum atomic E-state index is 11.9. The molecule has 4 nitrogen and oxygen atoms in total. The number of anilines is 1. The van der Waals surface area contributed by atoms with Gasteiger partial charge in [-0.3, -0.25) is 0 Å². The number of ether oxygens (including phenoxy) is 1. The van der Waals surface area contributed by atoms with Gasteiger partial charge < -0.3 is 15.6 Å². The van der Waals surface area contributed by atoms with Crippen LogP contribution in [0.15, 0.2) is 6.07 Å². The summed E-state index contributed by atoms with van der Waals surface area (Å²) >= 11 is 3.92. The van der Waals surface area contributed by atoms with Gasteiger partial charge >= 0.3 is 5.97 Å². The molecule has 0 saturated carbocycles. The maximum Gasteiger partial charge on any atom is 0.342 e. The van der Waals surface area contributed by atoms with E-state index in [9.17, 15) is 9.90 Å².